The molecule has 0 atom stereocenters. The highest BCUT2D eigenvalue weighted by Crippen LogP contribution is 2.17. The van der Waals surface area contributed by atoms with Gasteiger partial charge in [-0.3, -0.25) is 10.1 Å². The van der Waals surface area contributed by atoms with Crippen molar-refractivity contribution in [1.29, 1.82) is 0 Å². The molecule has 0 spiro atoms. The number of amides is 1. The number of ether oxygens (including phenoxy) is 1. The fourth-order valence-corrected chi connectivity index (χ4v) is 2.20. The minimum Gasteiger partial charge on any atom is -0.465 e. The number of nitrogens with one attached hydrogen (secondary N) is 1. The van der Waals surface area contributed by atoms with E-state index in [1.807, 2.05) is 6.92 Å². The van der Waals surface area contributed by atoms with Gasteiger partial charge in [-0.2, -0.15) is 0 Å². The van der Waals surface area contributed by atoms with Crippen molar-refractivity contribution in [2.75, 3.05) is 12.4 Å². The third kappa shape index (κ3) is 3.18. The Morgan fingerprint density at radius 1 is 1.30 bits per heavy atom. The number of nitrogens with zero attached hydrogens (tertiary/aromatic N) is 2. The largest absolute Gasteiger partial charge is 0.465 e. The van der Waals surface area contributed by atoms with E-state index < -0.39 is 5.97 Å². The number of carbonyl (C=O) groups is 2. The van der Waals surface area contributed by atoms with Crippen LogP contribution in [-0.2, 0) is 11.2 Å². The van der Waals surface area contributed by atoms with E-state index in [-0.39, 0.29) is 5.91 Å². The lowest BCUT2D eigenvalue weighted by Crippen LogP contribution is -2.13. The Balaban J connectivity index is 2.14. The predicted molar refractivity (Wildman–Crippen MR) is 75.0 cm³/mol. The normalized spacial score (nSPS) is 10.1. The molecule has 1 amide bonds. The number of methoxy groups -OCH3 is 1. The van der Waals surface area contributed by atoms with Crippen LogP contribution in [0.1, 0.15) is 32.6 Å². The molecule has 2 rings (SSSR count). The molecule has 0 aliphatic rings. The molecule has 1 N–H and O–H groups in total. The maximum Gasteiger partial charge on any atom is 0.337 e. The van der Waals surface area contributed by atoms with Crippen molar-refractivity contribution in [2.45, 2.75) is 13.3 Å². The molecule has 0 unspecified atom stereocenters. The molecular formula is C13H13N3O3S. The Hall–Kier alpha value is -2.28. The molecule has 0 aliphatic carbocycles. The van der Waals surface area contributed by atoms with Crippen molar-refractivity contribution >= 4 is 28.3 Å². The summed E-state index contributed by atoms with van der Waals surface area (Å²) in [6.07, 6.45) is 0.769. The summed E-state index contributed by atoms with van der Waals surface area (Å²) in [6, 6.07) is 6.30. The van der Waals surface area contributed by atoms with Gasteiger partial charge in [0.1, 0.15) is 5.01 Å². The Morgan fingerprint density at radius 3 is 2.70 bits per heavy atom. The van der Waals surface area contributed by atoms with Gasteiger partial charge in [-0.1, -0.05) is 24.3 Å². The summed E-state index contributed by atoms with van der Waals surface area (Å²) >= 11 is 1.33. The fraction of sp³-hybridized carbons (Fsp3) is 0.231. The van der Waals surface area contributed by atoms with Crippen LogP contribution in [-0.4, -0.2) is 29.2 Å². The van der Waals surface area contributed by atoms with Crippen molar-refractivity contribution in [3.8, 4) is 0 Å². The molecule has 1 aromatic heterocycles. The van der Waals surface area contributed by atoms with Gasteiger partial charge in [-0.25, -0.2) is 4.79 Å². The SMILES string of the molecule is CCc1nnc(NC(=O)c2cccc(C(=O)OC)c2)s1. The highest BCUT2D eigenvalue weighted by Gasteiger charge is 2.12. The second-order valence-electron chi connectivity index (χ2n) is 3.88. The minimum atomic E-state index is -0.483. The van der Waals surface area contributed by atoms with E-state index in [2.05, 4.69) is 20.3 Å². The smallest absolute Gasteiger partial charge is 0.337 e. The molecule has 7 heteroatoms. The van der Waals surface area contributed by atoms with Crippen LogP contribution >= 0.6 is 11.3 Å². The lowest BCUT2D eigenvalue weighted by molar-refractivity contribution is 0.0600. The molecule has 1 aromatic carbocycles. The summed E-state index contributed by atoms with van der Waals surface area (Å²) in [5.41, 5.74) is 0.688. The average molecular weight is 291 g/mol. The molecule has 0 radical (unpaired) electrons. The van der Waals surface area contributed by atoms with E-state index in [9.17, 15) is 9.59 Å². The van der Waals surface area contributed by atoms with Gasteiger partial charge >= 0.3 is 5.97 Å². The molecule has 0 saturated carbocycles. The lowest BCUT2D eigenvalue weighted by atomic mass is 10.1. The van der Waals surface area contributed by atoms with Crippen LogP contribution in [0.25, 0.3) is 0 Å². The number of benzene rings is 1. The van der Waals surface area contributed by atoms with Gasteiger partial charge in [0.25, 0.3) is 5.91 Å². The first-order valence-corrected chi connectivity index (χ1v) is 6.77. The van der Waals surface area contributed by atoms with Gasteiger partial charge < -0.3 is 4.74 Å². The molecule has 6 nitrogen and oxygen atoms in total. The minimum absolute atomic E-state index is 0.326. The number of rotatable bonds is 4. The zero-order chi connectivity index (χ0) is 14.5. The van der Waals surface area contributed by atoms with E-state index in [0.29, 0.717) is 16.3 Å². The van der Waals surface area contributed by atoms with E-state index in [1.54, 1.807) is 18.2 Å². The number of anilines is 1. The van der Waals surface area contributed by atoms with Crippen molar-refractivity contribution in [1.82, 2.24) is 10.2 Å². The standard InChI is InChI=1S/C13H13N3O3S/c1-3-10-15-16-13(20-10)14-11(17)8-5-4-6-9(7-8)12(18)19-2/h4-7H,3H2,1-2H3,(H,14,16,17). The van der Waals surface area contributed by atoms with E-state index in [4.69, 9.17) is 0 Å². The van der Waals surface area contributed by atoms with Crippen LogP contribution < -0.4 is 5.32 Å². The Morgan fingerprint density at radius 2 is 2.05 bits per heavy atom. The van der Waals surface area contributed by atoms with Gasteiger partial charge in [0, 0.05) is 5.56 Å². The fourth-order valence-electron chi connectivity index (χ4n) is 1.52. The third-order valence-corrected chi connectivity index (χ3v) is 3.52. The Labute approximate surface area is 119 Å². The van der Waals surface area contributed by atoms with Crippen LogP contribution in [0.2, 0.25) is 0 Å². The molecule has 1 heterocycles. The first kappa shape index (κ1) is 14.1. The van der Waals surface area contributed by atoms with Crippen molar-refractivity contribution in [3.63, 3.8) is 0 Å². The van der Waals surface area contributed by atoms with E-state index in [0.717, 1.165) is 11.4 Å². The maximum atomic E-state index is 12.1. The Kier molecular flexibility index (Phi) is 4.41. The maximum absolute atomic E-state index is 12.1. The predicted octanol–water partition coefficient (Wildman–Crippen LogP) is 2.14. The molecule has 0 bridgehead atoms. The van der Waals surface area contributed by atoms with Gasteiger partial charge in [0.2, 0.25) is 5.13 Å². The molecule has 2 aromatic rings. The third-order valence-electron chi connectivity index (χ3n) is 2.54. The first-order chi connectivity index (χ1) is 9.63. The number of aryl methyl sites for hydroxylation is 1. The summed E-state index contributed by atoms with van der Waals surface area (Å²) in [6.45, 7) is 1.96. The van der Waals surface area contributed by atoms with Crippen LogP contribution in [0, 0.1) is 0 Å². The summed E-state index contributed by atoms with van der Waals surface area (Å²) in [5.74, 6) is -0.821. The van der Waals surface area contributed by atoms with Crippen molar-refractivity contribution in [3.05, 3.63) is 40.4 Å². The van der Waals surface area contributed by atoms with Gasteiger partial charge in [-0.05, 0) is 24.6 Å². The highest BCUT2D eigenvalue weighted by molar-refractivity contribution is 7.15. The topological polar surface area (TPSA) is 81.2 Å². The monoisotopic (exact) mass is 291 g/mol. The highest BCUT2D eigenvalue weighted by atomic mass is 32.1. The van der Waals surface area contributed by atoms with Gasteiger partial charge in [0.05, 0.1) is 12.7 Å². The quantitative estimate of drug-likeness (QED) is 0.873. The number of hydrogen-bond donors (Lipinski definition) is 1. The van der Waals surface area contributed by atoms with Gasteiger partial charge in [0.15, 0.2) is 0 Å². The van der Waals surface area contributed by atoms with Crippen LogP contribution in [0.5, 0.6) is 0 Å². The van der Waals surface area contributed by atoms with Crippen LogP contribution in [0.4, 0.5) is 5.13 Å². The Bertz CT molecular complexity index is 639. The van der Waals surface area contributed by atoms with Crippen molar-refractivity contribution in [2.24, 2.45) is 0 Å². The second-order valence-corrected chi connectivity index (χ2v) is 4.94. The first-order valence-electron chi connectivity index (χ1n) is 5.96. The molecule has 104 valence electrons. The van der Waals surface area contributed by atoms with Crippen molar-refractivity contribution < 1.29 is 14.3 Å². The average Bonchev–Trinajstić information content (AvgIpc) is 2.94. The zero-order valence-electron chi connectivity index (χ0n) is 11.0. The summed E-state index contributed by atoms with van der Waals surface area (Å²) in [4.78, 5) is 23.5. The molecule has 0 saturated heterocycles. The van der Waals surface area contributed by atoms with Crippen LogP contribution in [0.3, 0.4) is 0 Å². The molecular weight excluding hydrogens is 278 g/mol. The number of carbonyl (C=O) groups excluding carboxylic acids is 2. The second kappa shape index (κ2) is 6.25. The lowest BCUT2D eigenvalue weighted by Gasteiger charge is -2.03. The molecule has 0 aliphatic heterocycles. The summed E-state index contributed by atoms with van der Waals surface area (Å²) < 4.78 is 4.62. The zero-order valence-corrected chi connectivity index (χ0v) is 11.9. The molecule has 20 heavy (non-hydrogen) atoms. The van der Waals surface area contributed by atoms with E-state index in [1.165, 1.54) is 24.5 Å². The number of hydrogen-bond acceptors (Lipinski definition) is 6. The molecule has 0 fully saturated rings. The van der Waals surface area contributed by atoms with Gasteiger partial charge in [-0.15, -0.1) is 10.2 Å². The summed E-state index contributed by atoms with van der Waals surface area (Å²) in [5, 5.41) is 11.7. The number of aromatic nitrogens is 2. The van der Waals surface area contributed by atoms with Crippen LogP contribution in [0.15, 0.2) is 24.3 Å². The number of esters is 1. The summed E-state index contributed by atoms with van der Waals surface area (Å²) in [7, 11) is 1.29. The van der Waals surface area contributed by atoms with E-state index >= 15 is 0 Å².